The monoisotopic (exact) mass is 404 g/mol. The third-order valence-corrected chi connectivity index (χ3v) is 3.77. The topological polar surface area (TPSA) is 77.9 Å². The highest BCUT2D eigenvalue weighted by Crippen LogP contribution is 2.15. The first-order chi connectivity index (χ1) is 13.8. The summed E-state index contributed by atoms with van der Waals surface area (Å²) in [5.41, 5.74) is 2.08. The number of carboxylic acid groups (broad SMARTS) is 1. The predicted octanol–water partition coefficient (Wildman–Crippen LogP) is 3.02. The van der Waals surface area contributed by atoms with Gasteiger partial charge < -0.3 is 14.7 Å². The summed E-state index contributed by atoms with van der Waals surface area (Å²) in [6, 6.07) is 19.2. The molecule has 0 bridgehead atoms. The van der Waals surface area contributed by atoms with Crippen LogP contribution >= 0.6 is 0 Å². The van der Waals surface area contributed by atoms with Crippen molar-refractivity contribution in [3.05, 3.63) is 71.8 Å². The lowest BCUT2D eigenvalue weighted by Gasteiger charge is -2.18. The van der Waals surface area contributed by atoms with E-state index in [1.165, 1.54) is 0 Å². The molecule has 2 aromatic carbocycles. The SMILES string of the molecule is CN(C)C(C=O)c1ccccc1.CN(C)C(C=O)c1ccccc1.O=C(O)CF. The van der Waals surface area contributed by atoms with Crippen LogP contribution in [0, 0.1) is 0 Å². The van der Waals surface area contributed by atoms with Gasteiger partial charge in [-0.1, -0.05) is 60.7 Å². The van der Waals surface area contributed by atoms with Gasteiger partial charge in [0, 0.05) is 0 Å². The van der Waals surface area contributed by atoms with Crippen molar-refractivity contribution in [1.82, 2.24) is 9.80 Å². The van der Waals surface area contributed by atoms with Crippen LogP contribution in [0.5, 0.6) is 0 Å². The minimum Gasteiger partial charge on any atom is -0.479 e. The van der Waals surface area contributed by atoms with Gasteiger partial charge in [0.05, 0.1) is 12.1 Å². The van der Waals surface area contributed by atoms with E-state index in [4.69, 9.17) is 9.90 Å². The second-order valence-electron chi connectivity index (χ2n) is 6.44. The number of benzene rings is 2. The molecule has 0 amide bonds. The van der Waals surface area contributed by atoms with E-state index in [2.05, 4.69) is 0 Å². The molecule has 0 aliphatic heterocycles. The van der Waals surface area contributed by atoms with Crippen molar-refractivity contribution < 1.29 is 23.9 Å². The standard InChI is InChI=1S/2C10H13NO.C2H3FO2/c2*1-11(2)10(8-12)9-6-4-3-5-7-9;3-1-2(4)5/h2*3-8,10H,1-2H3;1H2,(H,4,5). The number of aliphatic carboxylic acids is 1. The lowest BCUT2D eigenvalue weighted by Crippen LogP contribution is -2.20. The van der Waals surface area contributed by atoms with Gasteiger partial charge in [-0.25, -0.2) is 9.18 Å². The smallest absolute Gasteiger partial charge is 0.335 e. The van der Waals surface area contributed by atoms with Crippen LogP contribution in [0.1, 0.15) is 23.2 Å². The van der Waals surface area contributed by atoms with Crippen LogP contribution in [0.4, 0.5) is 4.39 Å². The van der Waals surface area contributed by atoms with Crippen LogP contribution in [0.15, 0.2) is 60.7 Å². The number of nitrogens with zero attached hydrogens (tertiary/aromatic N) is 2. The first-order valence-corrected chi connectivity index (χ1v) is 8.89. The number of carboxylic acids is 1. The largest absolute Gasteiger partial charge is 0.479 e. The van der Waals surface area contributed by atoms with Crippen molar-refractivity contribution in [3.8, 4) is 0 Å². The molecule has 0 saturated heterocycles. The molecule has 0 aromatic heterocycles. The molecule has 2 aromatic rings. The van der Waals surface area contributed by atoms with E-state index in [9.17, 15) is 14.0 Å². The number of hydrogen-bond donors (Lipinski definition) is 1. The molecular formula is C22H29FN2O4. The van der Waals surface area contributed by atoms with E-state index in [1.807, 2.05) is 98.7 Å². The lowest BCUT2D eigenvalue weighted by atomic mass is 10.1. The van der Waals surface area contributed by atoms with Crippen LogP contribution in [-0.2, 0) is 14.4 Å². The molecule has 0 heterocycles. The van der Waals surface area contributed by atoms with E-state index in [0.29, 0.717) is 0 Å². The van der Waals surface area contributed by atoms with Crippen LogP contribution < -0.4 is 0 Å². The molecule has 0 radical (unpaired) electrons. The van der Waals surface area contributed by atoms with Gasteiger partial charge in [0.2, 0.25) is 0 Å². The van der Waals surface area contributed by atoms with Crippen LogP contribution in [-0.4, -0.2) is 68.3 Å². The molecular weight excluding hydrogens is 375 g/mol. The highest BCUT2D eigenvalue weighted by molar-refractivity contribution is 5.67. The Balaban J connectivity index is 0.000000442. The molecule has 0 saturated carbocycles. The maximum Gasteiger partial charge on any atom is 0.335 e. The Morgan fingerprint density at radius 1 is 0.828 bits per heavy atom. The number of halogens is 1. The summed E-state index contributed by atoms with van der Waals surface area (Å²) in [5.74, 6) is -1.41. The summed E-state index contributed by atoms with van der Waals surface area (Å²) >= 11 is 0. The second-order valence-corrected chi connectivity index (χ2v) is 6.44. The molecule has 0 aliphatic carbocycles. The number of carbonyl (C=O) groups is 3. The van der Waals surface area contributed by atoms with E-state index in [0.717, 1.165) is 23.7 Å². The molecule has 158 valence electrons. The van der Waals surface area contributed by atoms with Crippen molar-refractivity contribution in [2.75, 3.05) is 34.9 Å². The number of aldehydes is 2. The fourth-order valence-electron chi connectivity index (χ4n) is 2.30. The summed E-state index contributed by atoms with van der Waals surface area (Å²) in [5, 5.41) is 7.35. The Morgan fingerprint density at radius 3 is 1.28 bits per heavy atom. The Hall–Kier alpha value is -2.90. The first-order valence-electron chi connectivity index (χ1n) is 8.89. The van der Waals surface area contributed by atoms with Gasteiger partial charge in [-0.15, -0.1) is 0 Å². The van der Waals surface area contributed by atoms with Gasteiger partial charge >= 0.3 is 5.97 Å². The van der Waals surface area contributed by atoms with Gasteiger partial charge in [-0.05, 0) is 39.3 Å². The maximum absolute atomic E-state index is 10.7. The molecule has 1 N–H and O–H groups in total. The summed E-state index contributed by atoms with van der Waals surface area (Å²) in [6.45, 7) is -1.28. The van der Waals surface area contributed by atoms with Crippen molar-refractivity contribution in [2.45, 2.75) is 12.1 Å². The number of alkyl halides is 1. The average molecular weight is 404 g/mol. The summed E-state index contributed by atoms with van der Waals surface area (Å²) in [7, 11) is 7.58. The zero-order valence-corrected chi connectivity index (χ0v) is 17.2. The van der Waals surface area contributed by atoms with E-state index in [-0.39, 0.29) is 12.1 Å². The first kappa shape index (κ1) is 26.1. The summed E-state index contributed by atoms with van der Waals surface area (Å²) < 4.78 is 10.5. The fourth-order valence-corrected chi connectivity index (χ4v) is 2.30. The Morgan fingerprint density at radius 2 is 1.10 bits per heavy atom. The van der Waals surface area contributed by atoms with Crippen LogP contribution in [0.3, 0.4) is 0 Å². The van der Waals surface area contributed by atoms with Gasteiger partial charge in [0.15, 0.2) is 6.67 Å². The van der Waals surface area contributed by atoms with Crippen molar-refractivity contribution in [2.24, 2.45) is 0 Å². The van der Waals surface area contributed by atoms with Crippen molar-refractivity contribution in [1.29, 1.82) is 0 Å². The third-order valence-electron chi connectivity index (χ3n) is 3.77. The fraction of sp³-hybridized carbons (Fsp3) is 0.318. The molecule has 29 heavy (non-hydrogen) atoms. The second kappa shape index (κ2) is 15.1. The average Bonchev–Trinajstić information content (AvgIpc) is 2.71. The molecule has 0 aliphatic rings. The Bertz CT molecular complexity index is 654. The minimum absolute atomic E-state index is 0.119. The maximum atomic E-state index is 10.7. The van der Waals surface area contributed by atoms with Crippen molar-refractivity contribution >= 4 is 18.5 Å². The molecule has 2 atom stereocenters. The quantitative estimate of drug-likeness (QED) is 0.715. The van der Waals surface area contributed by atoms with E-state index < -0.39 is 12.6 Å². The van der Waals surface area contributed by atoms with E-state index >= 15 is 0 Å². The van der Waals surface area contributed by atoms with Gasteiger partial charge in [0.25, 0.3) is 0 Å². The number of hydrogen-bond acceptors (Lipinski definition) is 5. The Labute approximate surface area is 171 Å². The summed E-state index contributed by atoms with van der Waals surface area (Å²) in [4.78, 5) is 34.2. The molecule has 6 nitrogen and oxygen atoms in total. The Kier molecular flexibility index (Phi) is 13.6. The predicted molar refractivity (Wildman–Crippen MR) is 111 cm³/mol. The normalized spacial score (nSPS) is 12.0. The molecule has 2 rings (SSSR count). The zero-order valence-electron chi connectivity index (χ0n) is 17.2. The van der Waals surface area contributed by atoms with Gasteiger partial charge in [0.1, 0.15) is 12.6 Å². The van der Waals surface area contributed by atoms with Gasteiger partial charge in [-0.2, -0.15) is 0 Å². The third kappa shape index (κ3) is 10.9. The highest BCUT2D eigenvalue weighted by Gasteiger charge is 2.11. The summed E-state index contributed by atoms with van der Waals surface area (Å²) in [6.07, 6.45) is 1.91. The zero-order chi connectivity index (χ0) is 22.2. The molecule has 0 spiro atoms. The van der Waals surface area contributed by atoms with Crippen LogP contribution in [0.2, 0.25) is 0 Å². The lowest BCUT2D eigenvalue weighted by molar-refractivity contribution is -0.138. The van der Waals surface area contributed by atoms with Gasteiger partial charge in [-0.3, -0.25) is 9.80 Å². The minimum atomic E-state index is -1.41. The van der Waals surface area contributed by atoms with Crippen LogP contribution in [0.25, 0.3) is 0 Å². The molecule has 2 unspecified atom stereocenters. The number of rotatable bonds is 7. The number of carbonyl (C=O) groups excluding carboxylic acids is 2. The highest BCUT2D eigenvalue weighted by atomic mass is 19.1. The van der Waals surface area contributed by atoms with Crippen molar-refractivity contribution in [3.63, 3.8) is 0 Å². The molecule has 7 heteroatoms. The number of likely N-dealkylation sites (N-methyl/N-ethyl adjacent to an activating group) is 2. The van der Waals surface area contributed by atoms with E-state index in [1.54, 1.807) is 0 Å². The molecule has 0 fully saturated rings.